The van der Waals surface area contributed by atoms with E-state index in [2.05, 4.69) is 22.6 Å². The molecule has 0 bridgehead atoms. The Bertz CT molecular complexity index is 265. The second-order valence-corrected chi connectivity index (χ2v) is 3.74. The van der Waals surface area contributed by atoms with Crippen LogP contribution < -0.4 is 4.74 Å². The summed E-state index contributed by atoms with van der Waals surface area (Å²) in [6, 6.07) is 7.52. The van der Waals surface area contributed by atoms with Gasteiger partial charge in [-0.05, 0) is 34.7 Å². The molecule has 0 saturated heterocycles. The van der Waals surface area contributed by atoms with Gasteiger partial charge in [-0.2, -0.15) is 0 Å². The van der Waals surface area contributed by atoms with Gasteiger partial charge < -0.3 is 14.9 Å². The molecule has 1 atom stereocenters. The summed E-state index contributed by atoms with van der Waals surface area (Å²) in [5.74, 6) is 0.732. The van der Waals surface area contributed by atoms with Crippen LogP contribution >= 0.6 is 22.6 Å². The first-order valence-electron chi connectivity index (χ1n) is 3.90. The van der Waals surface area contributed by atoms with E-state index >= 15 is 0 Å². The van der Waals surface area contributed by atoms with E-state index in [1.54, 1.807) is 0 Å². The Morgan fingerprint density at radius 3 is 2.69 bits per heavy atom. The fourth-order valence-electron chi connectivity index (χ4n) is 0.800. The van der Waals surface area contributed by atoms with E-state index in [0.717, 1.165) is 9.32 Å². The van der Waals surface area contributed by atoms with Gasteiger partial charge in [0.05, 0.1) is 10.2 Å². The molecule has 1 rings (SSSR count). The van der Waals surface area contributed by atoms with Crippen molar-refractivity contribution in [1.82, 2.24) is 0 Å². The summed E-state index contributed by atoms with van der Waals surface area (Å²) in [5, 5.41) is 17.6. The van der Waals surface area contributed by atoms with Crippen molar-refractivity contribution in [1.29, 1.82) is 0 Å². The summed E-state index contributed by atoms with van der Waals surface area (Å²) in [4.78, 5) is 0. The zero-order valence-electron chi connectivity index (χ0n) is 6.98. The lowest BCUT2D eigenvalue weighted by Crippen LogP contribution is -2.21. The van der Waals surface area contributed by atoms with E-state index in [-0.39, 0.29) is 13.2 Å². The minimum Gasteiger partial charge on any atom is -0.490 e. The molecule has 0 aromatic heterocycles. The van der Waals surface area contributed by atoms with Crippen molar-refractivity contribution in [3.63, 3.8) is 0 Å². The maximum absolute atomic E-state index is 9.03. The second kappa shape index (κ2) is 5.41. The highest BCUT2D eigenvalue weighted by Crippen LogP contribution is 2.19. The van der Waals surface area contributed by atoms with Gasteiger partial charge in [-0.3, -0.25) is 0 Å². The summed E-state index contributed by atoms with van der Waals surface area (Å²) in [6.45, 7) is -0.153. The monoisotopic (exact) mass is 294 g/mol. The van der Waals surface area contributed by atoms with Crippen LogP contribution in [0.2, 0.25) is 0 Å². The smallest absolute Gasteiger partial charge is 0.132 e. The molecule has 72 valence electrons. The first-order valence-corrected chi connectivity index (χ1v) is 4.98. The first kappa shape index (κ1) is 10.7. The molecule has 1 unspecified atom stereocenters. The number of aliphatic hydroxyl groups is 2. The van der Waals surface area contributed by atoms with Crippen LogP contribution in [0.5, 0.6) is 5.75 Å². The maximum Gasteiger partial charge on any atom is 0.132 e. The molecule has 0 fully saturated rings. The molecule has 13 heavy (non-hydrogen) atoms. The maximum atomic E-state index is 9.03. The van der Waals surface area contributed by atoms with Crippen molar-refractivity contribution in [3.05, 3.63) is 27.8 Å². The lowest BCUT2D eigenvalue weighted by Gasteiger charge is -2.10. The molecule has 0 radical (unpaired) electrons. The van der Waals surface area contributed by atoms with Crippen molar-refractivity contribution in [2.75, 3.05) is 13.2 Å². The van der Waals surface area contributed by atoms with Gasteiger partial charge in [0.1, 0.15) is 18.5 Å². The summed E-state index contributed by atoms with van der Waals surface area (Å²) in [5.41, 5.74) is 0. The van der Waals surface area contributed by atoms with Crippen LogP contribution in [0.25, 0.3) is 0 Å². The third-order valence-electron chi connectivity index (χ3n) is 1.48. The third kappa shape index (κ3) is 3.50. The normalized spacial score (nSPS) is 12.5. The lowest BCUT2D eigenvalue weighted by molar-refractivity contribution is 0.0533. The molecule has 2 N–H and O–H groups in total. The second-order valence-electron chi connectivity index (χ2n) is 2.58. The average Bonchev–Trinajstić information content (AvgIpc) is 2.16. The number of para-hydroxylation sites is 1. The van der Waals surface area contributed by atoms with Crippen LogP contribution in [0, 0.1) is 3.57 Å². The molecule has 1 aromatic rings. The quantitative estimate of drug-likeness (QED) is 0.815. The molecule has 1 aromatic carbocycles. The number of hydrogen-bond acceptors (Lipinski definition) is 3. The Morgan fingerprint density at radius 2 is 2.08 bits per heavy atom. The number of hydrogen-bond donors (Lipinski definition) is 2. The zero-order chi connectivity index (χ0) is 9.68. The number of benzene rings is 1. The zero-order valence-corrected chi connectivity index (χ0v) is 9.14. The third-order valence-corrected chi connectivity index (χ3v) is 2.37. The molecular formula is C9H11IO3. The number of rotatable bonds is 4. The Kier molecular flexibility index (Phi) is 4.47. The highest BCUT2D eigenvalue weighted by atomic mass is 127. The largest absolute Gasteiger partial charge is 0.490 e. The van der Waals surface area contributed by atoms with E-state index in [1.165, 1.54) is 0 Å². The van der Waals surface area contributed by atoms with Crippen molar-refractivity contribution >= 4 is 22.6 Å². The van der Waals surface area contributed by atoms with E-state index in [0.29, 0.717) is 0 Å². The van der Waals surface area contributed by atoms with Crippen molar-refractivity contribution in [3.8, 4) is 5.75 Å². The Hall–Kier alpha value is -0.330. The molecule has 0 spiro atoms. The van der Waals surface area contributed by atoms with Gasteiger partial charge in [-0.25, -0.2) is 0 Å². The fraction of sp³-hybridized carbons (Fsp3) is 0.333. The lowest BCUT2D eigenvalue weighted by atomic mass is 10.3. The Morgan fingerprint density at radius 1 is 1.38 bits per heavy atom. The van der Waals surface area contributed by atoms with Gasteiger partial charge >= 0.3 is 0 Å². The van der Waals surface area contributed by atoms with Crippen LogP contribution in [0.4, 0.5) is 0 Å². The summed E-state index contributed by atoms with van der Waals surface area (Å²) >= 11 is 2.15. The highest BCUT2D eigenvalue weighted by molar-refractivity contribution is 14.1. The van der Waals surface area contributed by atoms with Gasteiger partial charge in [0.25, 0.3) is 0 Å². The summed E-state index contributed by atoms with van der Waals surface area (Å²) in [6.07, 6.45) is -0.809. The van der Waals surface area contributed by atoms with E-state index in [4.69, 9.17) is 14.9 Å². The van der Waals surface area contributed by atoms with E-state index < -0.39 is 6.10 Å². The van der Waals surface area contributed by atoms with E-state index in [1.807, 2.05) is 24.3 Å². The van der Waals surface area contributed by atoms with Crippen molar-refractivity contribution in [2.24, 2.45) is 0 Å². The molecule has 4 heteroatoms. The minimum atomic E-state index is -0.809. The van der Waals surface area contributed by atoms with Crippen LogP contribution in [-0.2, 0) is 0 Å². The standard InChI is InChI=1S/C9H11IO3/c10-8-3-1-2-4-9(8)13-6-7(12)5-11/h1-4,7,11-12H,5-6H2. The van der Waals surface area contributed by atoms with Crippen LogP contribution in [0.15, 0.2) is 24.3 Å². The summed E-state index contributed by atoms with van der Waals surface area (Å²) in [7, 11) is 0. The molecular weight excluding hydrogens is 283 g/mol. The van der Waals surface area contributed by atoms with E-state index in [9.17, 15) is 0 Å². The first-order chi connectivity index (χ1) is 6.24. The van der Waals surface area contributed by atoms with Crippen molar-refractivity contribution in [2.45, 2.75) is 6.10 Å². The molecule has 0 heterocycles. The van der Waals surface area contributed by atoms with Crippen molar-refractivity contribution < 1.29 is 14.9 Å². The van der Waals surface area contributed by atoms with Gasteiger partial charge in [-0.1, -0.05) is 12.1 Å². The topological polar surface area (TPSA) is 49.7 Å². The molecule has 3 nitrogen and oxygen atoms in total. The fourth-order valence-corrected chi connectivity index (χ4v) is 1.34. The predicted octanol–water partition coefficient (Wildman–Crippen LogP) is 1.02. The van der Waals surface area contributed by atoms with Gasteiger partial charge in [-0.15, -0.1) is 0 Å². The Labute approximate surface area is 90.5 Å². The number of halogens is 1. The van der Waals surface area contributed by atoms with Gasteiger partial charge in [0, 0.05) is 0 Å². The molecule has 0 saturated carbocycles. The van der Waals surface area contributed by atoms with Crippen LogP contribution in [0.1, 0.15) is 0 Å². The Balaban J connectivity index is 2.50. The number of ether oxygens (including phenoxy) is 1. The SMILES string of the molecule is OCC(O)COc1ccccc1I. The van der Waals surface area contributed by atoms with Crippen LogP contribution in [0.3, 0.4) is 0 Å². The average molecular weight is 294 g/mol. The van der Waals surface area contributed by atoms with Crippen LogP contribution in [-0.4, -0.2) is 29.5 Å². The van der Waals surface area contributed by atoms with Gasteiger partial charge in [0.2, 0.25) is 0 Å². The molecule has 0 aliphatic carbocycles. The minimum absolute atomic E-state index is 0.122. The summed E-state index contributed by atoms with van der Waals surface area (Å²) < 4.78 is 6.26. The highest BCUT2D eigenvalue weighted by Gasteiger charge is 2.04. The molecule has 0 amide bonds. The predicted molar refractivity (Wildman–Crippen MR) is 57.7 cm³/mol. The molecule has 0 aliphatic heterocycles. The van der Waals surface area contributed by atoms with Gasteiger partial charge in [0.15, 0.2) is 0 Å². The number of aliphatic hydroxyl groups excluding tert-OH is 2. The molecule has 0 aliphatic rings.